The van der Waals surface area contributed by atoms with E-state index in [0.717, 1.165) is 22.5 Å². The number of sulfonamides is 1. The predicted molar refractivity (Wildman–Crippen MR) is 149 cm³/mol. The molecule has 1 saturated carbocycles. The molecule has 0 saturated heterocycles. The van der Waals surface area contributed by atoms with Crippen molar-refractivity contribution in [3.8, 4) is 0 Å². The second-order valence-corrected chi connectivity index (χ2v) is 12.0. The van der Waals surface area contributed by atoms with Crippen LogP contribution in [-0.2, 0) is 27.8 Å². The molecule has 1 heterocycles. The normalized spacial score (nSPS) is 13.3. The van der Waals surface area contributed by atoms with Gasteiger partial charge in [0, 0.05) is 34.8 Å². The van der Waals surface area contributed by atoms with E-state index in [1.54, 1.807) is 36.5 Å². The van der Waals surface area contributed by atoms with E-state index >= 15 is 8.78 Å². The van der Waals surface area contributed by atoms with Gasteiger partial charge in [-0.1, -0.05) is 0 Å². The number of aryl methyl sites for hydroxylation is 1. The topological polar surface area (TPSA) is 130 Å². The highest BCUT2D eigenvalue weighted by Crippen LogP contribution is 2.32. The number of rotatable bonds is 13. The summed E-state index contributed by atoms with van der Waals surface area (Å²) in [7, 11) is -4.61. The lowest BCUT2D eigenvalue weighted by Crippen LogP contribution is -2.29. The molecule has 0 atom stereocenters. The second-order valence-electron chi connectivity index (χ2n) is 9.04. The maximum atomic E-state index is 15.4. The van der Waals surface area contributed by atoms with E-state index in [2.05, 4.69) is 43.1 Å². The molecule has 1 aliphatic carbocycles. The van der Waals surface area contributed by atoms with Crippen LogP contribution in [0.1, 0.15) is 40.7 Å². The zero-order chi connectivity index (χ0) is 28.0. The van der Waals surface area contributed by atoms with Gasteiger partial charge < -0.3 is 10.4 Å². The van der Waals surface area contributed by atoms with Gasteiger partial charge in [-0.05, 0) is 102 Å². The van der Waals surface area contributed by atoms with Crippen LogP contribution in [0.25, 0.3) is 0 Å². The van der Waals surface area contributed by atoms with Gasteiger partial charge in [0.15, 0.2) is 11.6 Å². The highest BCUT2D eigenvalue weighted by atomic mass is 127. The molecule has 13 heteroatoms. The number of hydrogen-bond donors (Lipinski definition) is 4. The summed E-state index contributed by atoms with van der Waals surface area (Å²) in [5.41, 5.74) is 2.85. The molecule has 0 aliphatic heterocycles. The summed E-state index contributed by atoms with van der Waals surface area (Å²) in [6, 6.07) is 9.05. The number of carbonyl (C=O) groups is 1. The fourth-order valence-electron chi connectivity index (χ4n) is 3.72. The van der Waals surface area contributed by atoms with E-state index in [1.807, 2.05) is 0 Å². The maximum Gasteiger partial charge on any atom is 0.277 e. The molecule has 1 aromatic heterocycles. The Bertz CT molecular complexity index is 1440. The molecule has 208 valence electrons. The van der Waals surface area contributed by atoms with Crippen molar-refractivity contribution in [2.24, 2.45) is 5.92 Å². The Kier molecular flexibility index (Phi) is 9.82. The zero-order valence-electron chi connectivity index (χ0n) is 20.7. The van der Waals surface area contributed by atoms with Gasteiger partial charge >= 0.3 is 0 Å². The Morgan fingerprint density at radius 1 is 1.13 bits per heavy atom. The average Bonchev–Trinajstić information content (AvgIpc) is 3.75. The van der Waals surface area contributed by atoms with E-state index in [9.17, 15) is 13.2 Å². The van der Waals surface area contributed by atoms with Gasteiger partial charge in [-0.3, -0.25) is 14.6 Å². The summed E-state index contributed by atoms with van der Waals surface area (Å²) in [4.78, 5) is 21.2. The molecule has 0 unspecified atom stereocenters. The number of carbonyl (C=O) groups excluding carboxylic acids is 1. The maximum absolute atomic E-state index is 15.4. The Labute approximate surface area is 238 Å². The Balaban J connectivity index is 1.65. The van der Waals surface area contributed by atoms with Crippen molar-refractivity contribution in [3.05, 3.63) is 80.7 Å². The molecule has 1 fully saturated rings. The monoisotopic (exact) mass is 672 g/mol. The highest BCUT2D eigenvalue weighted by Gasteiger charge is 2.30. The van der Waals surface area contributed by atoms with Gasteiger partial charge in [-0.2, -0.15) is 0 Å². The number of aromatic nitrogens is 1. The first kappa shape index (κ1) is 29.3. The summed E-state index contributed by atoms with van der Waals surface area (Å²) >= 11 is 2.08. The number of nitrogens with one attached hydrogen (secondary N) is 3. The van der Waals surface area contributed by atoms with E-state index in [1.165, 1.54) is 6.20 Å². The number of halogens is 3. The Morgan fingerprint density at radius 3 is 2.56 bits per heavy atom. The van der Waals surface area contributed by atoms with Crippen molar-refractivity contribution in [2.45, 2.75) is 37.1 Å². The second kappa shape index (κ2) is 13.1. The molecule has 3 aromatic rings. The third-order valence-corrected chi connectivity index (χ3v) is 8.18. The van der Waals surface area contributed by atoms with Crippen LogP contribution in [0.2, 0.25) is 0 Å². The molecule has 0 bridgehead atoms. The Morgan fingerprint density at radius 2 is 1.87 bits per heavy atom. The largest absolute Gasteiger partial charge is 0.396 e. The quantitative estimate of drug-likeness (QED) is 0.158. The Hall–Kier alpha value is -2.72. The van der Waals surface area contributed by atoms with Gasteiger partial charge in [0.25, 0.3) is 5.91 Å². The number of aliphatic hydroxyl groups is 1. The molecule has 0 spiro atoms. The molecule has 4 N–H and O–H groups in total. The predicted octanol–water partition coefficient (Wildman–Crippen LogP) is 4.18. The molecule has 2 aromatic carbocycles. The van der Waals surface area contributed by atoms with Gasteiger partial charge in [0.1, 0.15) is 4.90 Å². The van der Waals surface area contributed by atoms with Crippen LogP contribution in [0.3, 0.4) is 0 Å². The number of amides is 1. The number of aliphatic hydroxyl groups excluding tert-OH is 1. The number of hydrogen-bond acceptors (Lipinski definition) is 7. The summed E-state index contributed by atoms with van der Waals surface area (Å²) in [6.45, 7) is -0.0315. The number of pyridine rings is 1. The SMILES string of the molecule is O=C(NOCC1CC1)c1cc(S(=O)(=O)NCc2ccncc2CCCO)c(F)c(F)c1Nc1ccc(I)cc1. The smallest absolute Gasteiger partial charge is 0.277 e. The van der Waals surface area contributed by atoms with Crippen molar-refractivity contribution in [3.63, 3.8) is 0 Å². The first-order valence-corrected chi connectivity index (χ1v) is 14.7. The van der Waals surface area contributed by atoms with Crippen LogP contribution in [-0.4, -0.2) is 37.6 Å². The van der Waals surface area contributed by atoms with Crippen molar-refractivity contribution in [2.75, 3.05) is 18.5 Å². The van der Waals surface area contributed by atoms with Crippen LogP contribution in [0.5, 0.6) is 0 Å². The molecule has 1 aliphatic rings. The number of hydroxylamine groups is 1. The third kappa shape index (κ3) is 7.69. The molecular formula is C26H27F2IN4O5S. The van der Waals surface area contributed by atoms with Crippen molar-refractivity contribution < 1.29 is 31.9 Å². The van der Waals surface area contributed by atoms with Crippen LogP contribution in [0.15, 0.2) is 53.7 Å². The van der Waals surface area contributed by atoms with Gasteiger partial charge in [-0.15, -0.1) is 0 Å². The van der Waals surface area contributed by atoms with Crippen molar-refractivity contribution >= 4 is 49.9 Å². The van der Waals surface area contributed by atoms with Gasteiger partial charge in [-0.25, -0.2) is 27.4 Å². The first-order valence-electron chi connectivity index (χ1n) is 12.2. The summed E-state index contributed by atoms with van der Waals surface area (Å²) < 4.78 is 60.1. The molecule has 39 heavy (non-hydrogen) atoms. The lowest BCUT2D eigenvalue weighted by atomic mass is 10.1. The van der Waals surface area contributed by atoms with E-state index in [-0.39, 0.29) is 19.8 Å². The lowest BCUT2D eigenvalue weighted by Gasteiger charge is -2.17. The van der Waals surface area contributed by atoms with Crippen molar-refractivity contribution in [1.29, 1.82) is 0 Å². The van der Waals surface area contributed by atoms with E-state index < -0.39 is 43.7 Å². The molecule has 1 amide bonds. The molecular weight excluding hydrogens is 645 g/mol. The van der Waals surface area contributed by atoms with Crippen LogP contribution in [0.4, 0.5) is 20.2 Å². The van der Waals surface area contributed by atoms with Crippen LogP contribution < -0.4 is 15.5 Å². The van der Waals surface area contributed by atoms with E-state index in [0.29, 0.717) is 35.6 Å². The third-order valence-electron chi connectivity index (χ3n) is 6.06. The summed E-state index contributed by atoms with van der Waals surface area (Å²) in [5.74, 6) is -3.79. The fraction of sp³-hybridized carbons (Fsp3) is 0.308. The molecule has 0 radical (unpaired) electrons. The minimum atomic E-state index is -4.61. The zero-order valence-corrected chi connectivity index (χ0v) is 23.7. The van der Waals surface area contributed by atoms with Crippen LogP contribution >= 0.6 is 22.6 Å². The average molecular weight is 672 g/mol. The summed E-state index contributed by atoms with van der Waals surface area (Å²) in [6.07, 6.45) is 5.86. The first-order chi connectivity index (χ1) is 18.7. The van der Waals surface area contributed by atoms with E-state index in [4.69, 9.17) is 9.94 Å². The molecule has 4 rings (SSSR count). The van der Waals surface area contributed by atoms with Crippen LogP contribution in [0, 0.1) is 21.1 Å². The van der Waals surface area contributed by atoms with Gasteiger partial charge in [0.05, 0.1) is 17.9 Å². The minimum absolute atomic E-state index is 0.0532. The number of anilines is 2. The highest BCUT2D eigenvalue weighted by molar-refractivity contribution is 14.1. The fourth-order valence-corrected chi connectivity index (χ4v) is 5.17. The minimum Gasteiger partial charge on any atom is -0.396 e. The van der Waals surface area contributed by atoms with Gasteiger partial charge in [0.2, 0.25) is 10.0 Å². The van der Waals surface area contributed by atoms with Crippen molar-refractivity contribution in [1.82, 2.24) is 15.2 Å². The lowest BCUT2D eigenvalue weighted by molar-refractivity contribution is 0.0270. The molecule has 9 nitrogen and oxygen atoms in total. The summed E-state index contributed by atoms with van der Waals surface area (Å²) in [5, 5.41) is 11.8. The number of benzene rings is 2. The standard InChI is InChI=1S/C26H27F2IN4O5S/c27-23-22(39(36,37)31-14-18-9-10-30-13-17(18)2-1-11-34)12-21(26(35)33-38-15-16-3-4-16)25(24(23)28)32-20-7-5-19(29)6-8-20/h5-10,12-13,16,31-32,34H,1-4,11,14-15H2,(H,33,35). The number of nitrogens with zero attached hydrogens (tertiary/aromatic N) is 1.